The molecular formula is C13H10F3N3O2S. The van der Waals surface area contributed by atoms with Gasteiger partial charge in [0, 0.05) is 12.7 Å². The Hall–Kier alpha value is -2.31. The van der Waals surface area contributed by atoms with Gasteiger partial charge >= 0.3 is 6.18 Å². The molecule has 1 aromatic heterocycles. The molecule has 0 amide bonds. The average molecular weight is 329 g/mol. The fourth-order valence-electron chi connectivity index (χ4n) is 2.07. The Morgan fingerprint density at radius 2 is 1.86 bits per heavy atom. The van der Waals surface area contributed by atoms with Crippen LogP contribution in [0.3, 0.4) is 0 Å². The van der Waals surface area contributed by atoms with E-state index in [9.17, 15) is 21.6 Å². The highest BCUT2D eigenvalue weighted by atomic mass is 32.2. The summed E-state index contributed by atoms with van der Waals surface area (Å²) in [6, 6.07) is 7.55. The van der Waals surface area contributed by atoms with Crippen molar-refractivity contribution < 1.29 is 21.6 Å². The van der Waals surface area contributed by atoms with Gasteiger partial charge in [0.15, 0.2) is 0 Å². The fraction of sp³-hybridized carbons (Fsp3) is 0.154. The molecule has 1 heterocycles. The number of hydrogen-bond donors (Lipinski definition) is 1. The molecule has 1 aromatic carbocycles. The summed E-state index contributed by atoms with van der Waals surface area (Å²) in [7, 11) is -2.98. The highest BCUT2D eigenvalue weighted by molar-refractivity contribution is 7.89. The van der Waals surface area contributed by atoms with Crippen LogP contribution in [0.15, 0.2) is 35.2 Å². The minimum atomic E-state index is -4.87. The van der Waals surface area contributed by atoms with Crippen LogP contribution in [0.1, 0.15) is 11.3 Å². The van der Waals surface area contributed by atoms with E-state index < -0.39 is 26.7 Å². The Bertz CT molecular complexity index is 877. The number of nitrogens with two attached hydrogens (primary N) is 1. The summed E-state index contributed by atoms with van der Waals surface area (Å²) in [6.45, 7) is 0. The molecule has 0 saturated heterocycles. The van der Waals surface area contributed by atoms with Gasteiger partial charge in [0.2, 0.25) is 10.0 Å². The monoisotopic (exact) mass is 329 g/mol. The summed E-state index contributed by atoms with van der Waals surface area (Å²) in [5.74, 6) is 0. The molecule has 116 valence electrons. The van der Waals surface area contributed by atoms with Crippen LogP contribution in [0.25, 0.3) is 11.3 Å². The van der Waals surface area contributed by atoms with Gasteiger partial charge in [-0.15, -0.1) is 0 Å². The third kappa shape index (κ3) is 2.84. The van der Waals surface area contributed by atoms with Crippen molar-refractivity contribution in [3.8, 4) is 17.3 Å². The van der Waals surface area contributed by atoms with Gasteiger partial charge in [-0.3, -0.25) is 0 Å². The molecule has 0 aliphatic heterocycles. The second-order valence-electron chi connectivity index (χ2n) is 4.53. The van der Waals surface area contributed by atoms with E-state index in [0.717, 1.165) is 6.07 Å². The number of aromatic nitrogens is 1. The molecular weight excluding hydrogens is 319 g/mol. The molecule has 0 atom stereocenters. The van der Waals surface area contributed by atoms with Crippen LogP contribution in [-0.2, 0) is 23.2 Å². The lowest BCUT2D eigenvalue weighted by atomic mass is 10.1. The molecule has 0 bridgehead atoms. The number of benzene rings is 1. The van der Waals surface area contributed by atoms with E-state index in [-0.39, 0.29) is 11.3 Å². The molecule has 0 saturated carbocycles. The van der Waals surface area contributed by atoms with Gasteiger partial charge in [-0.25, -0.2) is 13.6 Å². The normalized spacial score (nSPS) is 12.2. The van der Waals surface area contributed by atoms with Crippen molar-refractivity contribution in [2.75, 3.05) is 0 Å². The Labute approximate surface area is 124 Å². The summed E-state index contributed by atoms with van der Waals surface area (Å²) < 4.78 is 63.2. The van der Waals surface area contributed by atoms with E-state index in [2.05, 4.69) is 0 Å². The first kappa shape index (κ1) is 16.1. The van der Waals surface area contributed by atoms with Gasteiger partial charge in [-0.1, -0.05) is 6.07 Å². The number of primary sulfonamides is 1. The largest absolute Gasteiger partial charge is 0.417 e. The van der Waals surface area contributed by atoms with Crippen molar-refractivity contribution in [3.05, 3.63) is 41.6 Å². The molecule has 2 rings (SSSR count). The Kier molecular flexibility index (Phi) is 3.76. The molecule has 5 nitrogen and oxygen atoms in total. The molecule has 0 spiro atoms. The van der Waals surface area contributed by atoms with Crippen LogP contribution in [0.4, 0.5) is 13.2 Å². The van der Waals surface area contributed by atoms with E-state index in [1.165, 1.54) is 29.8 Å². The molecule has 0 aliphatic rings. The predicted octanol–water partition coefficient (Wildman–Crippen LogP) is 2.23. The minimum Gasteiger partial charge on any atom is -0.335 e. The maximum Gasteiger partial charge on any atom is 0.417 e. The topological polar surface area (TPSA) is 88.9 Å². The first-order valence-corrected chi connectivity index (χ1v) is 7.40. The molecule has 0 unspecified atom stereocenters. The Morgan fingerprint density at radius 1 is 1.23 bits per heavy atom. The van der Waals surface area contributed by atoms with Crippen LogP contribution in [-0.4, -0.2) is 13.0 Å². The number of sulfonamides is 1. The van der Waals surface area contributed by atoms with Gasteiger partial charge in [0.05, 0.1) is 10.5 Å². The van der Waals surface area contributed by atoms with Crippen molar-refractivity contribution in [3.63, 3.8) is 0 Å². The lowest BCUT2D eigenvalue weighted by Crippen LogP contribution is -2.19. The van der Waals surface area contributed by atoms with Gasteiger partial charge in [-0.2, -0.15) is 18.4 Å². The number of halogens is 3. The van der Waals surface area contributed by atoms with Gasteiger partial charge in [0.25, 0.3) is 0 Å². The highest BCUT2D eigenvalue weighted by Crippen LogP contribution is 2.36. The number of alkyl halides is 3. The maximum atomic E-state index is 13.1. The van der Waals surface area contributed by atoms with E-state index in [1.54, 1.807) is 0 Å². The second-order valence-corrected chi connectivity index (χ2v) is 6.06. The van der Waals surface area contributed by atoms with Crippen LogP contribution in [0.5, 0.6) is 0 Å². The molecule has 0 aliphatic carbocycles. The Morgan fingerprint density at radius 3 is 2.32 bits per heavy atom. The van der Waals surface area contributed by atoms with Gasteiger partial charge in [0.1, 0.15) is 11.8 Å². The third-order valence-corrected chi connectivity index (χ3v) is 4.09. The number of hydrogen-bond acceptors (Lipinski definition) is 3. The van der Waals surface area contributed by atoms with E-state index >= 15 is 0 Å². The van der Waals surface area contributed by atoms with Crippen molar-refractivity contribution in [2.24, 2.45) is 12.2 Å². The summed E-state index contributed by atoms with van der Waals surface area (Å²) in [5.41, 5.74) is -0.599. The maximum absolute atomic E-state index is 13.1. The zero-order valence-corrected chi connectivity index (χ0v) is 12.0. The minimum absolute atomic E-state index is 0.128. The van der Waals surface area contributed by atoms with Gasteiger partial charge in [-0.05, 0) is 29.8 Å². The molecule has 22 heavy (non-hydrogen) atoms. The molecule has 2 aromatic rings. The standard InChI is InChI=1S/C13H10F3N3O2S/c1-19-9(7-17)3-4-11(19)8-2-5-12(22(18,20)21)10(6-8)13(14,15)16/h2-6H,1H3,(H2,18,20,21). The van der Waals surface area contributed by atoms with Crippen LogP contribution < -0.4 is 5.14 Å². The van der Waals surface area contributed by atoms with E-state index in [0.29, 0.717) is 11.8 Å². The lowest BCUT2D eigenvalue weighted by Gasteiger charge is -2.13. The van der Waals surface area contributed by atoms with Crippen molar-refractivity contribution in [2.45, 2.75) is 11.1 Å². The first-order valence-electron chi connectivity index (χ1n) is 5.86. The summed E-state index contributed by atoms with van der Waals surface area (Å²) in [5, 5.41) is 13.7. The zero-order valence-electron chi connectivity index (χ0n) is 11.2. The van der Waals surface area contributed by atoms with E-state index in [1.807, 2.05) is 6.07 Å². The van der Waals surface area contributed by atoms with Crippen LogP contribution in [0.2, 0.25) is 0 Å². The summed E-state index contributed by atoms with van der Waals surface area (Å²) >= 11 is 0. The summed E-state index contributed by atoms with van der Waals surface area (Å²) in [6.07, 6.45) is -4.87. The third-order valence-electron chi connectivity index (χ3n) is 3.12. The lowest BCUT2D eigenvalue weighted by molar-refractivity contribution is -0.139. The van der Waals surface area contributed by atoms with Crippen molar-refractivity contribution in [1.82, 2.24) is 4.57 Å². The fourth-order valence-corrected chi connectivity index (χ4v) is 2.81. The SMILES string of the molecule is Cn1c(C#N)ccc1-c1ccc(S(N)(=O)=O)c(C(F)(F)F)c1. The Balaban J connectivity index is 2.72. The van der Waals surface area contributed by atoms with E-state index in [4.69, 9.17) is 10.4 Å². The molecule has 2 N–H and O–H groups in total. The molecule has 0 radical (unpaired) electrons. The summed E-state index contributed by atoms with van der Waals surface area (Å²) in [4.78, 5) is -0.988. The van der Waals surface area contributed by atoms with Crippen LogP contribution in [0, 0.1) is 11.3 Å². The molecule has 9 heteroatoms. The predicted molar refractivity (Wildman–Crippen MR) is 71.9 cm³/mol. The first-order chi connectivity index (χ1) is 10.1. The highest BCUT2D eigenvalue weighted by Gasteiger charge is 2.36. The van der Waals surface area contributed by atoms with Crippen LogP contribution >= 0.6 is 0 Å². The van der Waals surface area contributed by atoms with Gasteiger partial charge < -0.3 is 4.57 Å². The van der Waals surface area contributed by atoms with Crippen molar-refractivity contribution >= 4 is 10.0 Å². The number of nitriles is 1. The average Bonchev–Trinajstić information content (AvgIpc) is 2.77. The second kappa shape index (κ2) is 5.15. The quantitative estimate of drug-likeness (QED) is 0.916. The zero-order chi connectivity index (χ0) is 16.7. The van der Waals surface area contributed by atoms with Crippen molar-refractivity contribution in [1.29, 1.82) is 5.26 Å². The number of nitrogens with zero attached hydrogens (tertiary/aromatic N) is 2. The smallest absolute Gasteiger partial charge is 0.335 e. The number of rotatable bonds is 2. The molecule has 0 fully saturated rings.